The molecule has 4 aromatic carbocycles. The van der Waals surface area contributed by atoms with Crippen LogP contribution >= 0.6 is 7.26 Å². The van der Waals surface area contributed by atoms with Gasteiger partial charge in [-0.1, -0.05) is 0 Å². The van der Waals surface area contributed by atoms with Crippen LogP contribution in [-0.4, -0.2) is 17.2 Å². The van der Waals surface area contributed by atoms with Gasteiger partial charge >= 0.3 is 184 Å². The number of ketones is 2. The third kappa shape index (κ3) is 3.87. The van der Waals surface area contributed by atoms with Crippen LogP contribution in [0.2, 0.25) is 0 Å². The minimum absolute atomic E-state index is 0.0999. The summed E-state index contributed by atoms with van der Waals surface area (Å²) in [4.78, 5) is 27.3. The van der Waals surface area contributed by atoms with Gasteiger partial charge in [-0.05, 0) is 0 Å². The average molecular weight is 424 g/mol. The van der Waals surface area contributed by atoms with E-state index in [1.54, 1.807) is 19.1 Å². The molecule has 0 N–H and O–H groups in total. The van der Waals surface area contributed by atoms with E-state index in [-0.39, 0.29) is 11.6 Å². The molecule has 0 aliphatic carbocycles. The zero-order valence-corrected chi connectivity index (χ0v) is 18.4. The topological polar surface area (TPSA) is 34.1 Å². The Morgan fingerprint density at radius 1 is 0.548 bits per heavy atom. The molecule has 0 spiro atoms. The Hall–Kier alpha value is -3.35. The Balaban J connectivity index is 2.10. The van der Waals surface area contributed by atoms with Gasteiger partial charge in [-0.25, -0.2) is 0 Å². The monoisotopic (exact) mass is 424 g/mol. The summed E-state index contributed by atoms with van der Waals surface area (Å²) in [5, 5.41) is 3.16. The van der Waals surface area contributed by atoms with Gasteiger partial charge in [-0.15, -0.1) is 0 Å². The van der Waals surface area contributed by atoms with E-state index in [1.165, 1.54) is 0 Å². The van der Waals surface area contributed by atoms with Crippen molar-refractivity contribution in [3.8, 4) is 0 Å². The summed E-state index contributed by atoms with van der Waals surface area (Å²) in [5.41, 5.74) is -0.204. The molecule has 0 saturated heterocycles. The van der Waals surface area contributed by atoms with E-state index in [1.807, 2.05) is 72.8 Å². The fourth-order valence-electron chi connectivity index (χ4n) is 4.56. The zero-order valence-electron chi connectivity index (χ0n) is 17.4. The van der Waals surface area contributed by atoms with Crippen LogP contribution in [0.5, 0.6) is 0 Å². The van der Waals surface area contributed by atoms with Crippen LogP contribution in [0.15, 0.2) is 121 Å². The third-order valence-corrected chi connectivity index (χ3v) is 11.1. The van der Waals surface area contributed by atoms with Crippen molar-refractivity contribution in [1.29, 1.82) is 0 Å². The van der Waals surface area contributed by atoms with Crippen molar-refractivity contribution < 1.29 is 9.59 Å². The van der Waals surface area contributed by atoms with E-state index in [9.17, 15) is 9.59 Å². The van der Waals surface area contributed by atoms with Crippen LogP contribution in [0.25, 0.3) is 0 Å². The summed E-state index contributed by atoms with van der Waals surface area (Å²) in [7, 11) is -3.06. The summed E-state index contributed by atoms with van der Waals surface area (Å²) in [5.74, 6) is -0.214. The Labute approximate surface area is 183 Å². The molecule has 4 rings (SSSR count). The van der Waals surface area contributed by atoms with Gasteiger partial charge < -0.3 is 0 Å². The fourth-order valence-corrected chi connectivity index (χ4v) is 9.88. The van der Waals surface area contributed by atoms with Crippen LogP contribution in [-0.2, 0) is 4.79 Å². The maximum atomic E-state index is 14.0. The van der Waals surface area contributed by atoms with Crippen molar-refractivity contribution >= 4 is 34.7 Å². The Bertz CT molecular complexity index is 1060. The van der Waals surface area contributed by atoms with Crippen molar-refractivity contribution in [2.24, 2.45) is 0 Å². The van der Waals surface area contributed by atoms with Gasteiger partial charge in [0.1, 0.15) is 0 Å². The van der Waals surface area contributed by atoms with Gasteiger partial charge in [-0.3, -0.25) is 0 Å². The van der Waals surface area contributed by atoms with Gasteiger partial charge in [0.15, 0.2) is 0 Å². The Morgan fingerprint density at radius 3 is 1.19 bits per heavy atom. The zero-order chi connectivity index (χ0) is 21.7. The van der Waals surface area contributed by atoms with E-state index in [0.717, 1.165) is 15.9 Å². The molecule has 0 amide bonds. The first-order chi connectivity index (χ1) is 15.2. The summed E-state index contributed by atoms with van der Waals surface area (Å²) >= 11 is 0. The molecule has 4 aromatic rings. The van der Waals surface area contributed by atoms with E-state index in [4.69, 9.17) is 0 Å². The molecule has 0 aromatic heterocycles. The van der Waals surface area contributed by atoms with Crippen LogP contribution in [0.1, 0.15) is 17.3 Å². The number of hydrogen-bond donors (Lipinski definition) is 0. The average Bonchev–Trinajstić information content (AvgIpc) is 2.84. The molecule has 1 atom stereocenters. The van der Waals surface area contributed by atoms with E-state index in [2.05, 4.69) is 36.4 Å². The van der Waals surface area contributed by atoms with Crippen LogP contribution < -0.4 is 15.9 Å². The van der Waals surface area contributed by atoms with Gasteiger partial charge in [0.25, 0.3) is 0 Å². The minimum atomic E-state index is -3.06. The molecule has 1 unspecified atom stereocenters. The van der Waals surface area contributed by atoms with Crippen molar-refractivity contribution in [2.75, 3.05) is 0 Å². The predicted octanol–water partition coefficient (Wildman–Crippen LogP) is 4.55. The van der Waals surface area contributed by atoms with E-state index in [0.29, 0.717) is 5.56 Å². The number of benzene rings is 4. The molecule has 0 aliphatic rings. The van der Waals surface area contributed by atoms with Crippen molar-refractivity contribution in [3.63, 3.8) is 0 Å². The molecular formula is C28H25O2P. The first kappa shape index (κ1) is 20.9. The third-order valence-electron chi connectivity index (χ3n) is 5.85. The van der Waals surface area contributed by atoms with E-state index < -0.39 is 12.9 Å². The summed E-state index contributed by atoms with van der Waals surface area (Å²) in [6.07, 6.45) is 0. The van der Waals surface area contributed by atoms with E-state index >= 15 is 0 Å². The first-order valence-electron chi connectivity index (χ1n) is 10.4. The molecule has 0 heterocycles. The Morgan fingerprint density at radius 2 is 0.871 bits per heavy atom. The van der Waals surface area contributed by atoms with Crippen LogP contribution in [0, 0.1) is 0 Å². The summed E-state index contributed by atoms with van der Waals surface area (Å²) < 4.78 is 0. The SMILES string of the molecule is CC(=O)C(C(=O)c1ccccc1)[PH](c1ccccc1)(c1ccccc1)c1ccccc1. The molecule has 31 heavy (non-hydrogen) atoms. The van der Waals surface area contributed by atoms with Gasteiger partial charge in [0.05, 0.1) is 0 Å². The molecule has 0 bridgehead atoms. The van der Waals surface area contributed by atoms with Crippen molar-refractivity contribution in [2.45, 2.75) is 12.6 Å². The normalized spacial score (nSPS) is 12.7. The predicted molar refractivity (Wildman–Crippen MR) is 132 cm³/mol. The maximum absolute atomic E-state index is 14.0. The quantitative estimate of drug-likeness (QED) is 0.248. The first-order valence-corrected chi connectivity index (χ1v) is 12.5. The molecule has 0 radical (unpaired) electrons. The van der Waals surface area contributed by atoms with Gasteiger partial charge in [0, 0.05) is 0 Å². The molecule has 3 heteroatoms. The Kier molecular flexibility index (Phi) is 6.21. The van der Waals surface area contributed by atoms with Crippen LogP contribution in [0.3, 0.4) is 0 Å². The number of carbonyl (C=O) groups excluding carboxylic acids is 2. The van der Waals surface area contributed by atoms with Gasteiger partial charge in [0.2, 0.25) is 0 Å². The molecule has 154 valence electrons. The molecule has 0 aliphatic heterocycles. The van der Waals surface area contributed by atoms with Gasteiger partial charge in [-0.2, -0.15) is 0 Å². The number of carbonyl (C=O) groups is 2. The summed E-state index contributed by atoms with van der Waals surface area (Å²) in [6, 6.07) is 39.5. The molecule has 2 nitrogen and oxygen atoms in total. The fraction of sp³-hybridized carbons (Fsp3) is 0.0714. The van der Waals surface area contributed by atoms with Crippen molar-refractivity contribution in [3.05, 3.63) is 127 Å². The van der Waals surface area contributed by atoms with Crippen molar-refractivity contribution in [1.82, 2.24) is 0 Å². The number of Topliss-reactive ketones (excluding diaryl/α,β-unsaturated/α-hetero) is 2. The number of rotatable bonds is 7. The standard InChI is InChI=1S/C28H25O2P/c1-22(29)28(27(30)23-14-6-2-7-15-23)31(24-16-8-3-9-17-24,25-18-10-4-11-19-25)26-20-12-5-13-21-26/h2-21,28,31H,1H3. The number of hydrogen-bond acceptors (Lipinski definition) is 2. The second-order valence-corrected chi connectivity index (χ2v) is 11.6. The molecular weight excluding hydrogens is 399 g/mol. The second-order valence-electron chi connectivity index (χ2n) is 7.68. The molecule has 0 fully saturated rings. The second kappa shape index (κ2) is 9.20. The summed E-state index contributed by atoms with van der Waals surface area (Å²) in [6.45, 7) is 1.56. The van der Waals surface area contributed by atoms with Crippen LogP contribution in [0.4, 0.5) is 0 Å². The molecule has 0 saturated carbocycles.